The zero-order valence-electron chi connectivity index (χ0n) is 10.3. The van der Waals surface area contributed by atoms with Crippen molar-refractivity contribution in [2.75, 3.05) is 18.1 Å². The van der Waals surface area contributed by atoms with Gasteiger partial charge in [0.15, 0.2) is 0 Å². The molecule has 2 unspecified atom stereocenters. The van der Waals surface area contributed by atoms with E-state index in [1.807, 2.05) is 0 Å². The first-order valence-electron chi connectivity index (χ1n) is 6.04. The summed E-state index contributed by atoms with van der Waals surface area (Å²) >= 11 is 0. The normalized spacial score (nSPS) is 25.0. The molecule has 2 heterocycles. The largest absolute Gasteiger partial charge is 0.392 e. The fourth-order valence-electron chi connectivity index (χ4n) is 2.01. The number of aromatic nitrogens is 2. The van der Waals surface area contributed by atoms with Gasteiger partial charge in [0.05, 0.1) is 25.4 Å². The van der Waals surface area contributed by atoms with Crippen molar-refractivity contribution in [2.24, 2.45) is 0 Å². The van der Waals surface area contributed by atoms with Gasteiger partial charge in [-0.2, -0.15) is 0 Å². The van der Waals surface area contributed by atoms with Crippen molar-refractivity contribution in [2.45, 2.75) is 39.0 Å². The summed E-state index contributed by atoms with van der Waals surface area (Å²) in [5, 5.41) is 8.97. The molecular weight excluding hydrogens is 218 g/mol. The van der Waals surface area contributed by atoms with Crippen LogP contribution in [0.5, 0.6) is 0 Å². The van der Waals surface area contributed by atoms with Crippen LogP contribution in [0.4, 0.5) is 5.95 Å². The Hall–Kier alpha value is -1.20. The second-order valence-electron chi connectivity index (χ2n) is 4.41. The van der Waals surface area contributed by atoms with E-state index >= 15 is 0 Å². The summed E-state index contributed by atoms with van der Waals surface area (Å²) in [6, 6.07) is 0.339. The monoisotopic (exact) mass is 237 g/mol. The van der Waals surface area contributed by atoms with Gasteiger partial charge in [0.25, 0.3) is 0 Å². The van der Waals surface area contributed by atoms with Crippen LogP contribution < -0.4 is 4.90 Å². The zero-order valence-corrected chi connectivity index (χ0v) is 10.3. The third-order valence-corrected chi connectivity index (χ3v) is 3.07. The van der Waals surface area contributed by atoms with Crippen LogP contribution in [-0.4, -0.2) is 40.4 Å². The third-order valence-electron chi connectivity index (χ3n) is 3.07. The number of hydrogen-bond donors (Lipinski definition) is 1. The minimum Gasteiger partial charge on any atom is -0.392 e. The van der Waals surface area contributed by atoms with Crippen LogP contribution in [0.25, 0.3) is 0 Å². The Morgan fingerprint density at radius 2 is 2.18 bits per heavy atom. The fourth-order valence-corrected chi connectivity index (χ4v) is 2.01. The second kappa shape index (κ2) is 5.42. The number of aliphatic hydroxyl groups excluding tert-OH is 1. The van der Waals surface area contributed by atoms with E-state index in [2.05, 4.69) is 28.7 Å². The Labute approximate surface area is 101 Å². The van der Waals surface area contributed by atoms with Gasteiger partial charge in [-0.15, -0.1) is 0 Å². The molecule has 5 heteroatoms. The lowest BCUT2D eigenvalue weighted by atomic mass is 10.1. The average Bonchev–Trinajstić information content (AvgIpc) is 2.39. The lowest BCUT2D eigenvalue weighted by Gasteiger charge is -2.38. The molecule has 0 saturated carbocycles. The maximum Gasteiger partial charge on any atom is 0.225 e. The van der Waals surface area contributed by atoms with E-state index in [4.69, 9.17) is 9.84 Å². The van der Waals surface area contributed by atoms with Gasteiger partial charge in [-0.1, -0.05) is 6.92 Å². The van der Waals surface area contributed by atoms with Crippen molar-refractivity contribution in [1.29, 1.82) is 0 Å². The van der Waals surface area contributed by atoms with E-state index in [1.54, 1.807) is 12.4 Å². The van der Waals surface area contributed by atoms with E-state index in [0.29, 0.717) is 6.04 Å². The maximum atomic E-state index is 8.97. The number of aliphatic hydroxyl groups is 1. The molecular formula is C12H19N3O2. The average molecular weight is 237 g/mol. The smallest absolute Gasteiger partial charge is 0.225 e. The number of morpholine rings is 1. The highest BCUT2D eigenvalue weighted by Gasteiger charge is 2.27. The molecule has 1 saturated heterocycles. The van der Waals surface area contributed by atoms with Gasteiger partial charge in [0.1, 0.15) is 0 Å². The topological polar surface area (TPSA) is 58.5 Å². The molecule has 0 radical (unpaired) electrons. The number of rotatable bonds is 3. The Morgan fingerprint density at radius 3 is 2.76 bits per heavy atom. The van der Waals surface area contributed by atoms with E-state index in [0.717, 1.165) is 31.1 Å². The Kier molecular flexibility index (Phi) is 3.91. The molecule has 94 valence electrons. The van der Waals surface area contributed by atoms with E-state index in [-0.39, 0.29) is 12.7 Å². The first-order chi connectivity index (χ1) is 8.24. The highest BCUT2D eigenvalue weighted by Crippen LogP contribution is 2.19. The van der Waals surface area contributed by atoms with Crippen molar-refractivity contribution < 1.29 is 9.84 Å². The molecule has 1 aromatic rings. The second-order valence-corrected chi connectivity index (χ2v) is 4.41. The third kappa shape index (κ3) is 2.73. The van der Waals surface area contributed by atoms with Crippen molar-refractivity contribution in [3.63, 3.8) is 0 Å². The minimum absolute atomic E-state index is 0.0169. The summed E-state index contributed by atoms with van der Waals surface area (Å²) in [6.07, 6.45) is 4.57. The van der Waals surface area contributed by atoms with Gasteiger partial charge in [-0.3, -0.25) is 0 Å². The molecule has 0 bridgehead atoms. The molecule has 1 aromatic heterocycles. The SMILES string of the molecule is CCC1COC(C)CN1c1ncc(CO)cn1. The van der Waals surface area contributed by atoms with Crippen molar-refractivity contribution in [3.8, 4) is 0 Å². The van der Waals surface area contributed by atoms with Crippen LogP contribution >= 0.6 is 0 Å². The molecule has 5 nitrogen and oxygen atoms in total. The molecule has 2 atom stereocenters. The number of hydrogen-bond acceptors (Lipinski definition) is 5. The predicted octanol–water partition coefficient (Wildman–Crippen LogP) is 0.973. The van der Waals surface area contributed by atoms with Crippen molar-refractivity contribution in [3.05, 3.63) is 18.0 Å². The van der Waals surface area contributed by atoms with Gasteiger partial charge in [-0.05, 0) is 13.3 Å². The lowest BCUT2D eigenvalue weighted by Crippen LogP contribution is -2.49. The van der Waals surface area contributed by atoms with Crippen LogP contribution in [0.15, 0.2) is 12.4 Å². The van der Waals surface area contributed by atoms with Crippen molar-refractivity contribution in [1.82, 2.24) is 9.97 Å². The first kappa shape index (κ1) is 12.3. The van der Waals surface area contributed by atoms with Crippen LogP contribution in [0.2, 0.25) is 0 Å². The summed E-state index contributed by atoms with van der Waals surface area (Å²) < 4.78 is 5.64. The van der Waals surface area contributed by atoms with Crippen LogP contribution in [0.1, 0.15) is 25.8 Å². The summed E-state index contributed by atoms with van der Waals surface area (Å²) in [5.41, 5.74) is 0.739. The number of anilines is 1. The van der Waals surface area contributed by atoms with E-state index < -0.39 is 0 Å². The molecule has 0 aromatic carbocycles. The fraction of sp³-hybridized carbons (Fsp3) is 0.667. The lowest BCUT2D eigenvalue weighted by molar-refractivity contribution is 0.0292. The molecule has 17 heavy (non-hydrogen) atoms. The molecule has 1 aliphatic heterocycles. The van der Waals surface area contributed by atoms with E-state index in [9.17, 15) is 0 Å². The zero-order chi connectivity index (χ0) is 12.3. The van der Waals surface area contributed by atoms with Gasteiger partial charge in [0, 0.05) is 24.5 Å². The predicted molar refractivity (Wildman–Crippen MR) is 64.8 cm³/mol. The summed E-state index contributed by atoms with van der Waals surface area (Å²) in [6.45, 7) is 5.72. The molecule has 0 aliphatic carbocycles. The quantitative estimate of drug-likeness (QED) is 0.849. The minimum atomic E-state index is -0.0169. The van der Waals surface area contributed by atoms with Gasteiger partial charge in [-0.25, -0.2) is 9.97 Å². The molecule has 2 rings (SSSR count). The Bertz CT molecular complexity index is 355. The highest BCUT2D eigenvalue weighted by molar-refractivity contribution is 5.32. The van der Waals surface area contributed by atoms with Gasteiger partial charge >= 0.3 is 0 Å². The van der Waals surface area contributed by atoms with Crippen molar-refractivity contribution >= 4 is 5.95 Å². The molecule has 1 N–H and O–H groups in total. The Balaban J connectivity index is 2.16. The van der Waals surface area contributed by atoms with Crippen LogP contribution in [0, 0.1) is 0 Å². The van der Waals surface area contributed by atoms with E-state index in [1.165, 1.54) is 0 Å². The maximum absolute atomic E-state index is 8.97. The summed E-state index contributed by atoms with van der Waals surface area (Å²) in [4.78, 5) is 10.8. The van der Waals surface area contributed by atoms with Gasteiger partial charge < -0.3 is 14.7 Å². The molecule has 1 fully saturated rings. The molecule has 1 aliphatic rings. The van der Waals surface area contributed by atoms with Gasteiger partial charge in [0.2, 0.25) is 5.95 Å². The number of ether oxygens (including phenoxy) is 1. The Morgan fingerprint density at radius 1 is 1.47 bits per heavy atom. The van der Waals surface area contributed by atoms with Crippen LogP contribution in [0.3, 0.4) is 0 Å². The highest BCUT2D eigenvalue weighted by atomic mass is 16.5. The summed E-state index contributed by atoms with van der Waals surface area (Å²) in [5.74, 6) is 0.726. The first-order valence-corrected chi connectivity index (χ1v) is 6.04. The standard InChI is InChI=1S/C12H19N3O2/c1-3-11-8-17-9(2)6-15(11)12-13-4-10(7-16)5-14-12/h4-5,9,11,16H,3,6-8H2,1-2H3. The molecule has 0 amide bonds. The molecule has 0 spiro atoms. The number of nitrogens with zero attached hydrogens (tertiary/aromatic N) is 3. The van der Waals surface area contributed by atoms with Crippen LogP contribution in [-0.2, 0) is 11.3 Å². The summed E-state index contributed by atoms with van der Waals surface area (Å²) in [7, 11) is 0.